The maximum absolute atomic E-state index is 12.8. The highest BCUT2D eigenvalue weighted by Gasteiger charge is 2.21. The number of hydrogen-bond acceptors (Lipinski definition) is 8. The van der Waals surface area contributed by atoms with Gasteiger partial charge in [-0.25, -0.2) is 4.79 Å². The molecule has 0 unspecified atom stereocenters. The van der Waals surface area contributed by atoms with E-state index in [2.05, 4.69) is 0 Å². The van der Waals surface area contributed by atoms with Gasteiger partial charge in [-0.1, -0.05) is 24.3 Å². The van der Waals surface area contributed by atoms with E-state index in [-0.39, 0.29) is 40.7 Å². The molecule has 2 aromatic carbocycles. The zero-order chi connectivity index (χ0) is 23.8. The number of benzene rings is 2. The topological polar surface area (TPSA) is 119 Å². The largest absolute Gasteiger partial charge is 0.733 e. The van der Waals surface area contributed by atoms with E-state index in [9.17, 15) is 19.9 Å². The van der Waals surface area contributed by atoms with E-state index in [0.717, 1.165) is 12.0 Å². The molecule has 8 nitrogen and oxygen atoms in total. The first-order valence-corrected chi connectivity index (χ1v) is 11.0. The number of carbonyl (C=O) groups excluding carboxylic acids is 2. The quantitative estimate of drug-likeness (QED) is 0.481. The van der Waals surface area contributed by atoms with E-state index in [1.165, 1.54) is 18.2 Å². The highest BCUT2D eigenvalue weighted by molar-refractivity contribution is 5.97. The van der Waals surface area contributed by atoms with Crippen molar-refractivity contribution in [2.24, 2.45) is 0 Å². The van der Waals surface area contributed by atoms with Crippen LogP contribution < -0.4 is 9.96 Å². The Hall–Kier alpha value is -3.36. The lowest BCUT2D eigenvalue weighted by atomic mass is 10.0. The molecule has 2 aromatic rings. The van der Waals surface area contributed by atoms with E-state index in [0.29, 0.717) is 43.4 Å². The van der Waals surface area contributed by atoms with Crippen LogP contribution in [0, 0.1) is 5.21 Å². The number of esters is 1. The molecule has 2 N–H and O–H groups in total. The van der Waals surface area contributed by atoms with Gasteiger partial charge in [-0.3, -0.25) is 10.0 Å². The number of anilines is 1. The normalized spacial score (nSPS) is 18.6. The second-order valence-corrected chi connectivity index (χ2v) is 8.08. The summed E-state index contributed by atoms with van der Waals surface area (Å²) in [7, 11) is 0. The molecule has 0 saturated carbocycles. The summed E-state index contributed by atoms with van der Waals surface area (Å²) >= 11 is 0. The van der Waals surface area contributed by atoms with Crippen molar-refractivity contribution in [1.82, 2.24) is 0 Å². The minimum absolute atomic E-state index is 0.0708. The molecule has 1 aliphatic rings. The van der Waals surface area contributed by atoms with Gasteiger partial charge in [-0.15, -0.1) is 0 Å². The van der Waals surface area contributed by atoms with Crippen LogP contribution in [0.5, 0.6) is 11.5 Å². The van der Waals surface area contributed by atoms with Crippen LogP contribution in [0.3, 0.4) is 0 Å². The fourth-order valence-electron chi connectivity index (χ4n) is 3.59. The Morgan fingerprint density at radius 1 is 1.15 bits per heavy atom. The molecule has 3 rings (SSSR count). The molecule has 1 aliphatic heterocycles. The van der Waals surface area contributed by atoms with Crippen molar-refractivity contribution < 1.29 is 29.4 Å². The number of nitrogens with zero attached hydrogens (tertiary/aromatic N) is 1. The van der Waals surface area contributed by atoms with Gasteiger partial charge in [0.25, 0.3) is 0 Å². The fourth-order valence-corrected chi connectivity index (χ4v) is 3.59. The van der Waals surface area contributed by atoms with E-state index in [4.69, 9.17) is 14.7 Å². The van der Waals surface area contributed by atoms with Crippen LogP contribution in [0.25, 0.3) is 6.08 Å². The summed E-state index contributed by atoms with van der Waals surface area (Å²) in [4.78, 5) is 24.7. The van der Waals surface area contributed by atoms with E-state index in [1.807, 2.05) is 6.08 Å². The number of phenolic OH excluding ortho intramolecular Hbond substituents is 1. The summed E-state index contributed by atoms with van der Waals surface area (Å²) in [6, 6.07) is 9.19. The van der Waals surface area contributed by atoms with Gasteiger partial charge in [0.2, 0.25) is 0 Å². The lowest BCUT2D eigenvalue weighted by Gasteiger charge is -2.21. The maximum Gasteiger partial charge on any atom is 0.342 e. The van der Waals surface area contributed by atoms with Gasteiger partial charge in [0.05, 0.1) is 11.8 Å². The molecule has 0 amide bonds. The third-order valence-electron chi connectivity index (χ3n) is 5.39. The SMILES string of the molecule is C[C@H]1CCCC(=O)CCC/C=C/c2cc(OCc3ccc(N([O-])O)cc3)cc(O)c2C(=O)O1. The Morgan fingerprint density at radius 3 is 2.61 bits per heavy atom. The van der Waals surface area contributed by atoms with Crippen molar-refractivity contribution in [2.75, 3.05) is 5.23 Å². The molecule has 0 fully saturated rings. The molecule has 1 atom stereocenters. The number of phenols is 1. The van der Waals surface area contributed by atoms with Crippen LogP contribution in [0.4, 0.5) is 5.69 Å². The van der Waals surface area contributed by atoms with Gasteiger partial charge in [0.1, 0.15) is 29.5 Å². The van der Waals surface area contributed by atoms with Crippen molar-refractivity contribution in [3.8, 4) is 11.5 Å². The van der Waals surface area contributed by atoms with Gasteiger partial charge >= 0.3 is 5.97 Å². The minimum atomic E-state index is -0.628. The second-order valence-electron chi connectivity index (χ2n) is 8.08. The third kappa shape index (κ3) is 7.06. The Bertz CT molecular complexity index is 999. The number of carbonyl (C=O) groups is 2. The number of fused-ring (bicyclic) bond motifs is 1. The predicted molar refractivity (Wildman–Crippen MR) is 123 cm³/mol. The van der Waals surface area contributed by atoms with Crippen molar-refractivity contribution in [1.29, 1.82) is 0 Å². The summed E-state index contributed by atoms with van der Waals surface area (Å²) in [5, 5.41) is 30.2. The molecule has 33 heavy (non-hydrogen) atoms. The molecular weight excluding hydrogens is 426 g/mol. The van der Waals surface area contributed by atoms with Gasteiger partial charge in [0, 0.05) is 18.9 Å². The average Bonchev–Trinajstić information content (AvgIpc) is 2.76. The van der Waals surface area contributed by atoms with E-state index >= 15 is 0 Å². The van der Waals surface area contributed by atoms with Gasteiger partial charge < -0.3 is 25.0 Å². The Balaban J connectivity index is 1.81. The highest BCUT2D eigenvalue weighted by atomic mass is 16.8. The molecular formula is C25H28NO7-. The zero-order valence-corrected chi connectivity index (χ0v) is 18.5. The number of hydrogen-bond donors (Lipinski definition) is 2. The number of Topliss-reactive ketones (excluding diaryl/α,β-unsaturated/α-hetero) is 1. The number of ketones is 1. The monoisotopic (exact) mass is 454 g/mol. The zero-order valence-electron chi connectivity index (χ0n) is 18.5. The lowest BCUT2D eigenvalue weighted by Crippen LogP contribution is -2.17. The lowest BCUT2D eigenvalue weighted by molar-refractivity contribution is -0.119. The fraction of sp³-hybridized carbons (Fsp3) is 0.360. The number of cyclic esters (lactones) is 1. The van der Waals surface area contributed by atoms with Crippen molar-refractivity contribution >= 4 is 23.5 Å². The summed E-state index contributed by atoms with van der Waals surface area (Å²) in [6.07, 6.45) is 6.80. The summed E-state index contributed by atoms with van der Waals surface area (Å²) < 4.78 is 11.3. The minimum Gasteiger partial charge on any atom is -0.733 e. The molecule has 0 saturated heterocycles. The number of allylic oxidation sites excluding steroid dienone is 1. The first kappa shape index (κ1) is 24.3. The van der Waals surface area contributed by atoms with Crippen LogP contribution in [-0.4, -0.2) is 28.2 Å². The predicted octanol–water partition coefficient (Wildman–Crippen LogP) is 5.15. The molecule has 0 bridgehead atoms. The van der Waals surface area contributed by atoms with Crippen molar-refractivity contribution in [2.45, 2.75) is 58.2 Å². The smallest absolute Gasteiger partial charge is 0.342 e. The second kappa shape index (κ2) is 11.5. The number of ether oxygens (including phenoxy) is 2. The molecule has 0 aliphatic carbocycles. The average molecular weight is 454 g/mol. The molecule has 8 heteroatoms. The number of rotatable bonds is 4. The Kier molecular flexibility index (Phi) is 8.46. The molecule has 0 radical (unpaired) electrons. The summed E-state index contributed by atoms with van der Waals surface area (Å²) in [5.74, 6) is -0.312. The third-order valence-corrected chi connectivity index (χ3v) is 5.39. The van der Waals surface area contributed by atoms with Crippen molar-refractivity contribution in [3.63, 3.8) is 0 Å². The van der Waals surface area contributed by atoms with E-state index < -0.39 is 5.97 Å². The Labute approximate surface area is 192 Å². The maximum atomic E-state index is 12.8. The van der Waals surface area contributed by atoms with Gasteiger partial charge in [-0.05, 0) is 61.9 Å². The van der Waals surface area contributed by atoms with Crippen LogP contribution in [0.1, 0.15) is 66.9 Å². The van der Waals surface area contributed by atoms with Crippen LogP contribution >= 0.6 is 0 Å². The first-order chi connectivity index (χ1) is 15.8. The van der Waals surface area contributed by atoms with Crippen LogP contribution in [0.15, 0.2) is 42.5 Å². The molecule has 176 valence electrons. The molecule has 0 spiro atoms. The standard InChI is InChI=1S/C25H28NO7/c1-17-6-5-9-21(27)8-4-2-3-7-19-14-22(15-23(28)24(19)25(29)33-17)32-16-18-10-12-20(13-11-18)26(30)31/h3,7,10-15,17,28,30H,2,4-6,8-9,16H2,1H3/q-1/b7-3+/t17-/m0/s1. The molecule has 0 aromatic heterocycles. The van der Waals surface area contributed by atoms with Crippen LogP contribution in [0.2, 0.25) is 0 Å². The van der Waals surface area contributed by atoms with Gasteiger partial charge in [0.15, 0.2) is 0 Å². The number of aromatic hydroxyl groups is 1. The summed E-state index contributed by atoms with van der Waals surface area (Å²) in [6.45, 7) is 1.92. The van der Waals surface area contributed by atoms with E-state index in [1.54, 1.807) is 31.2 Å². The first-order valence-electron chi connectivity index (χ1n) is 11.0. The summed E-state index contributed by atoms with van der Waals surface area (Å²) in [5.41, 5.74) is 1.38. The highest BCUT2D eigenvalue weighted by Crippen LogP contribution is 2.31. The Morgan fingerprint density at radius 2 is 1.88 bits per heavy atom. The van der Waals surface area contributed by atoms with Crippen LogP contribution in [-0.2, 0) is 16.1 Å². The van der Waals surface area contributed by atoms with Crippen molar-refractivity contribution in [3.05, 3.63) is 64.4 Å². The van der Waals surface area contributed by atoms with Gasteiger partial charge in [-0.2, -0.15) is 0 Å². The molecule has 1 heterocycles.